The molecule has 0 aliphatic carbocycles. The summed E-state index contributed by atoms with van der Waals surface area (Å²) >= 11 is 12.4. The SMILES string of the molecule is O=C(c1cc2c(Cl)c(Cl)ccc2[nH]1)N1CCC(N2CNc3ccccc32)CC1. The number of H-pyrrole nitrogens is 1. The Hall–Kier alpha value is -2.37. The fourth-order valence-electron chi connectivity index (χ4n) is 4.26. The molecule has 2 N–H and O–H groups in total. The van der Waals surface area contributed by atoms with Gasteiger partial charge in [-0.05, 0) is 43.2 Å². The average Bonchev–Trinajstić information content (AvgIpc) is 3.35. The number of hydrogen-bond donors (Lipinski definition) is 2. The number of piperidine rings is 1. The van der Waals surface area contributed by atoms with Crippen LogP contribution in [0.1, 0.15) is 23.3 Å². The normalized spacial score (nSPS) is 17.1. The highest BCUT2D eigenvalue weighted by molar-refractivity contribution is 6.45. The van der Waals surface area contributed by atoms with Gasteiger partial charge in [0.15, 0.2) is 0 Å². The van der Waals surface area contributed by atoms with Gasteiger partial charge in [0.2, 0.25) is 0 Å². The number of aromatic amines is 1. The van der Waals surface area contributed by atoms with Crippen LogP contribution in [0.15, 0.2) is 42.5 Å². The zero-order chi connectivity index (χ0) is 19.3. The first-order valence-corrected chi connectivity index (χ1v) is 10.2. The highest BCUT2D eigenvalue weighted by Gasteiger charge is 2.31. The lowest BCUT2D eigenvalue weighted by Crippen LogP contribution is -2.46. The summed E-state index contributed by atoms with van der Waals surface area (Å²) in [6, 6.07) is 14.2. The lowest BCUT2D eigenvalue weighted by atomic mass is 10.0. The van der Waals surface area contributed by atoms with Crippen LogP contribution in [-0.4, -0.2) is 41.6 Å². The van der Waals surface area contributed by atoms with Crippen molar-refractivity contribution in [3.63, 3.8) is 0 Å². The number of rotatable bonds is 2. The van der Waals surface area contributed by atoms with E-state index in [1.165, 1.54) is 11.4 Å². The zero-order valence-corrected chi connectivity index (χ0v) is 16.7. The Bertz CT molecular complexity index is 1060. The molecule has 7 heteroatoms. The third kappa shape index (κ3) is 2.90. The monoisotopic (exact) mass is 414 g/mol. The second-order valence-electron chi connectivity index (χ2n) is 7.35. The minimum atomic E-state index is 0.0155. The minimum Gasteiger partial charge on any atom is -0.366 e. The molecule has 5 rings (SSSR count). The molecule has 1 fully saturated rings. The number of aromatic nitrogens is 1. The second-order valence-corrected chi connectivity index (χ2v) is 8.14. The highest BCUT2D eigenvalue weighted by atomic mass is 35.5. The van der Waals surface area contributed by atoms with E-state index in [4.69, 9.17) is 23.2 Å². The van der Waals surface area contributed by atoms with Crippen molar-refractivity contribution in [3.05, 3.63) is 58.2 Å². The smallest absolute Gasteiger partial charge is 0.270 e. The van der Waals surface area contributed by atoms with Gasteiger partial charge in [-0.1, -0.05) is 35.3 Å². The molecule has 3 heterocycles. The summed E-state index contributed by atoms with van der Waals surface area (Å²) in [7, 11) is 0. The third-order valence-electron chi connectivity index (χ3n) is 5.77. The van der Waals surface area contributed by atoms with Crippen LogP contribution in [0.4, 0.5) is 11.4 Å². The Balaban J connectivity index is 1.30. The fourth-order valence-corrected chi connectivity index (χ4v) is 4.65. The number of para-hydroxylation sites is 2. The zero-order valence-electron chi connectivity index (χ0n) is 15.2. The first-order chi connectivity index (χ1) is 13.6. The van der Waals surface area contributed by atoms with E-state index in [9.17, 15) is 4.79 Å². The van der Waals surface area contributed by atoms with Gasteiger partial charge in [0.1, 0.15) is 5.69 Å². The number of halogens is 2. The third-order valence-corrected chi connectivity index (χ3v) is 6.59. The standard InChI is InChI=1S/C21H20Cl2N4O/c22-15-5-6-16-14(20(15)23)11-18(25-16)21(28)26-9-7-13(8-10-26)27-12-24-17-3-1-2-4-19(17)27/h1-6,11,13,24-25H,7-10,12H2. The Morgan fingerprint density at radius 1 is 1.07 bits per heavy atom. The van der Waals surface area contributed by atoms with Crippen molar-refractivity contribution in [1.29, 1.82) is 0 Å². The summed E-state index contributed by atoms with van der Waals surface area (Å²) in [5, 5.41) is 5.21. The van der Waals surface area contributed by atoms with Crippen LogP contribution in [0.3, 0.4) is 0 Å². The van der Waals surface area contributed by atoms with E-state index in [1.54, 1.807) is 12.1 Å². The van der Waals surface area contributed by atoms with E-state index in [1.807, 2.05) is 11.0 Å². The Kier molecular flexibility index (Phi) is 4.37. The van der Waals surface area contributed by atoms with Crippen molar-refractivity contribution in [3.8, 4) is 0 Å². The molecule has 0 bridgehead atoms. The summed E-state index contributed by atoms with van der Waals surface area (Å²) in [6.07, 6.45) is 1.91. The largest absolute Gasteiger partial charge is 0.366 e. The molecule has 2 aliphatic heterocycles. The van der Waals surface area contributed by atoms with Crippen molar-refractivity contribution in [2.24, 2.45) is 0 Å². The molecule has 3 aromatic rings. The van der Waals surface area contributed by atoms with E-state index in [2.05, 4.69) is 39.5 Å². The number of carbonyl (C=O) groups is 1. The molecule has 0 radical (unpaired) electrons. The number of anilines is 2. The summed E-state index contributed by atoms with van der Waals surface area (Å²) in [6.45, 7) is 2.32. The number of likely N-dealkylation sites (tertiary alicyclic amines) is 1. The quantitative estimate of drug-likeness (QED) is 0.622. The molecular weight excluding hydrogens is 395 g/mol. The van der Waals surface area contributed by atoms with Gasteiger partial charge in [-0.3, -0.25) is 4.79 Å². The molecule has 144 valence electrons. The van der Waals surface area contributed by atoms with Crippen molar-refractivity contribution in [2.75, 3.05) is 30.0 Å². The molecule has 28 heavy (non-hydrogen) atoms. The van der Waals surface area contributed by atoms with Crippen molar-refractivity contribution in [1.82, 2.24) is 9.88 Å². The molecule has 0 saturated carbocycles. The lowest BCUT2D eigenvalue weighted by Gasteiger charge is -2.37. The number of hydrogen-bond acceptors (Lipinski definition) is 3. The van der Waals surface area contributed by atoms with Crippen molar-refractivity contribution >= 4 is 51.4 Å². The summed E-state index contributed by atoms with van der Waals surface area (Å²) in [4.78, 5) is 20.5. The fraction of sp³-hybridized carbons (Fsp3) is 0.286. The Labute approximate surface area is 173 Å². The predicted octanol–water partition coefficient (Wildman–Crippen LogP) is 4.97. The maximum absolute atomic E-state index is 13.0. The van der Waals surface area contributed by atoms with E-state index in [0.717, 1.165) is 43.5 Å². The van der Waals surface area contributed by atoms with Gasteiger partial charge >= 0.3 is 0 Å². The van der Waals surface area contributed by atoms with Gasteiger partial charge in [-0.25, -0.2) is 0 Å². The Morgan fingerprint density at radius 3 is 2.68 bits per heavy atom. The summed E-state index contributed by atoms with van der Waals surface area (Å²) in [5.74, 6) is 0.0155. The molecule has 0 unspecified atom stereocenters. The van der Waals surface area contributed by atoms with Gasteiger partial charge in [0, 0.05) is 30.0 Å². The number of amides is 1. The molecule has 1 aromatic heterocycles. The van der Waals surface area contributed by atoms with Crippen LogP contribution in [0.25, 0.3) is 10.9 Å². The first kappa shape index (κ1) is 17.7. The van der Waals surface area contributed by atoms with Crippen LogP contribution in [0.2, 0.25) is 10.0 Å². The van der Waals surface area contributed by atoms with Crippen LogP contribution < -0.4 is 10.2 Å². The maximum atomic E-state index is 13.0. The number of carbonyl (C=O) groups excluding carboxylic acids is 1. The minimum absolute atomic E-state index is 0.0155. The number of fused-ring (bicyclic) bond motifs is 2. The van der Waals surface area contributed by atoms with Crippen molar-refractivity contribution < 1.29 is 4.79 Å². The molecule has 2 aliphatic rings. The highest BCUT2D eigenvalue weighted by Crippen LogP contribution is 2.35. The van der Waals surface area contributed by atoms with Gasteiger partial charge < -0.3 is 20.1 Å². The molecule has 2 aromatic carbocycles. The van der Waals surface area contributed by atoms with Gasteiger partial charge in [0.25, 0.3) is 5.91 Å². The van der Waals surface area contributed by atoms with Crippen LogP contribution in [-0.2, 0) is 0 Å². The summed E-state index contributed by atoms with van der Waals surface area (Å²) in [5.41, 5.74) is 3.84. The lowest BCUT2D eigenvalue weighted by molar-refractivity contribution is 0.0708. The first-order valence-electron chi connectivity index (χ1n) is 9.47. The summed E-state index contributed by atoms with van der Waals surface area (Å²) < 4.78 is 0. The van der Waals surface area contributed by atoms with Crippen molar-refractivity contribution in [2.45, 2.75) is 18.9 Å². The number of benzene rings is 2. The molecule has 1 amide bonds. The molecule has 5 nitrogen and oxygen atoms in total. The topological polar surface area (TPSA) is 51.4 Å². The second kappa shape index (κ2) is 6.90. The molecule has 1 saturated heterocycles. The average molecular weight is 415 g/mol. The maximum Gasteiger partial charge on any atom is 0.270 e. The van der Waals surface area contributed by atoms with Gasteiger partial charge in [-0.15, -0.1) is 0 Å². The predicted molar refractivity (Wildman–Crippen MR) is 115 cm³/mol. The number of nitrogens with one attached hydrogen (secondary N) is 2. The molecular formula is C21H20Cl2N4O. The van der Waals surface area contributed by atoms with E-state index < -0.39 is 0 Å². The van der Waals surface area contributed by atoms with E-state index in [-0.39, 0.29) is 5.91 Å². The van der Waals surface area contributed by atoms with Crippen LogP contribution in [0.5, 0.6) is 0 Å². The van der Waals surface area contributed by atoms with Gasteiger partial charge in [0.05, 0.1) is 28.1 Å². The van der Waals surface area contributed by atoms with Crippen LogP contribution >= 0.6 is 23.2 Å². The van der Waals surface area contributed by atoms with E-state index >= 15 is 0 Å². The van der Waals surface area contributed by atoms with Gasteiger partial charge in [-0.2, -0.15) is 0 Å². The number of nitrogens with zero attached hydrogens (tertiary/aromatic N) is 2. The molecule has 0 spiro atoms. The van der Waals surface area contributed by atoms with E-state index in [0.29, 0.717) is 21.8 Å². The Morgan fingerprint density at radius 2 is 1.86 bits per heavy atom. The molecule has 0 atom stereocenters. The van der Waals surface area contributed by atoms with Crippen LogP contribution in [0, 0.1) is 0 Å².